The number of imidazole rings is 1. The van der Waals surface area contributed by atoms with Gasteiger partial charge in [-0.25, -0.2) is 18.9 Å². The molecule has 0 saturated carbocycles. The van der Waals surface area contributed by atoms with Crippen molar-refractivity contribution in [1.29, 1.82) is 0 Å². The summed E-state index contributed by atoms with van der Waals surface area (Å²) in [7, 11) is 1.93. The molecule has 2 aromatic carbocycles. The van der Waals surface area contributed by atoms with E-state index < -0.39 is 5.97 Å². The third-order valence-corrected chi connectivity index (χ3v) is 8.01. The molecule has 0 bridgehead atoms. The Morgan fingerprint density at radius 2 is 1.77 bits per heavy atom. The lowest BCUT2D eigenvalue weighted by Crippen LogP contribution is -2.46. The molecule has 5 rings (SSSR count). The third kappa shape index (κ3) is 7.07. The van der Waals surface area contributed by atoms with Crippen molar-refractivity contribution in [2.24, 2.45) is 0 Å². The lowest BCUT2D eigenvalue weighted by atomic mass is 10.0. The molecule has 0 atom stereocenters. The highest BCUT2D eigenvalue weighted by Crippen LogP contribution is 2.23. The van der Waals surface area contributed by atoms with Crippen LogP contribution < -0.4 is 26.1 Å². The molecule has 1 aliphatic heterocycles. The maximum atomic E-state index is 13.6. The Labute approximate surface area is 256 Å². The molecule has 1 fully saturated rings. The number of ether oxygens (including phenoxy) is 1. The van der Waals surface area contributed by atoms with Crippen LogP contribution in [0.15, 0.2) is 71.7 Å². The van der Waals surface area contributed by atoms with Gasteiger partial charge in [-0.15, -0.1) is 0 Å². The molecule has 4 aromatic rings. The molecule has 1 aliphatic rings. The Morgan fingerprint density at radius 3 is 2.45 bits per heavy atom. The maximum Gasteiger partial charge on any atom is 0.311 e. The quantitative estimate of drug-likeness (QED) is 0.259. The maximum absolute atomic E-state index is 13.6. The zero-order valence-electron chi connectivity index (χ0n) is 25.5. The van der Waals surface area contributed by atoms with Gasteiger partial charge in [0.05, 0.1) is 23.7 Å². The highest BCUT2D eigenvalue weighted by molar-refractivity contribution is 5.72. The molecule has 2 aromatic heterocycles. The molecule has 10 heteroatoms. The van der Waals surface area contributed by atoms with E-state index in [0.717, 1.165) is 60.1 Å². The van der Waals surface area contributed by atoms with Crippen molar-refractivity contribution >= 4 is 30.0 Å². The summed E-state index contributed by atoms with van der Waals surface area (Å²) in [5, 5.41) is 2.00. The van der Waals surface area contributed by atoms with Crippen molar-refractivity contribution in [2.75, 3.05) is 29.9 Å². The molecule has 0 spiro atoms. The third-order valence-electron chi connectivity index (χ3n) is 8.01. The number of hydrogen-bond acceptors (Lipinski definition) is 7. The summed E-state index contributed by atoms with van der Waals surface area (Å²) in [5.41, 5.74) is 1.57. The SMILES string of the molecule is C/C=c1\c(=C/CC)nc(N2CCC(N(C)c3nccc(=O)n3COC(=O)Cc3ccccc3)CC2)n1Cc1ccc(F)cc1. The number of anilines is 2. The van der Waals surface area contributed by atoms with Crippen LogP contribution in [0.2, 0.25) is 0 Å². The van der Waals surface area contributed by atoms with Gasteiger partial charge < -0.3 is 19.1 Å². The van der Waals surface area contributed by atoms with Gasteiger partial charge in [0.1, 0.15) is 5.82 Å². The van der Waals surface area contributed by atoms with E-state index in [0.29, 0.717) is 12.5 Å². The number of benzene rings is 2. The number of aromatic nitrogens is 4. The van der Waals surface area contributed by atoms with Crippen LogP contribution in [0, 0.1) is 5.82 Å². The van der Waals surface area contributed by atoms with Crippen molar-refractivity contribution in [3.8, 4) is 0 Å². The standard InChI is InChI=1S/C34H39FN6O3/c1-4-9-29-30(5-2)40(23-26-12-14-27(35)15-13-26)34(37-29)39-20-17-28(18-21-39)38(3)33-36-19-16-31(42)41(33)24-44-32(43)22-25-10-7-6-8-11-25/h5-16,19,28H,4,17-18,20-24H2,1-3H3/b29-9+,30-5+. The molecule has 0 aliphatic carbocycles. The number of nitrogens with zero attached hydrogens (tertiary/aromatic N) is 6. The van der Waals surface area contributed by atoms with Crippen LogP contribution in [0.4, 0.5) is 16.3 Å². The van der Waals surface area contributed by atoms with Crippen LogP contribution in [0.25, 0.3) is 12.2 Å². The van der Waals surface area contributed by atoms with Gasteiger partial charge in [0.25, 0.3) is 5.56 Å². The molecular formula is C34H39FN6O3. The predicted octanol–water partition coefficient (Wildman–Crippen LogP) is 3.47. The second kappa shape index (κ2) is 14.2. The lowest BCUT2D eigenvalue weighted by Gasteiger charge is -2.38. The van der Waals surface area contributed by atoms with Gasteiger partial charge >= 0.3 is 5.97 Å². The summed E-state index contributed by atoms with van der Waals surface area (Å²) < 4.78 is 22.7. The number of carbonyl (C=O) groups excluding carboxylic acids is 1. The van der Waals surface area contributed by atoms with E-state index in [1.807, 2.05) is 61.3 Å². The molecular weight excluding hydrogens is 559 g/mol. The van der Waals surface area contributed by atoms with E-state index in [1.165, 1.54) is 29.0 Å². The summed E-state index contributed by atoms with van der Waals surface area (Å²) in [6.45, 7) is 6.01. The largest absolute Gasteiger partial charge is 0.443 e. The Balaban J connectivity index is 1.30. The van der Waals surface area contributed by atoms with Crippen LogP contribution in [-0.2, 0) is 29.2 Å². The van der Waals surface area contributed by atoms with Crippen LogP contribution in [0.1, 0.15) is 44.2 Å². The van der Waals surface area contributed by atoms with Crippen molar-refractivity contribution in [2.45, 2.75) is 58.8 Å². The Hall–Kier alpha value is -4.73. The number of esters is 1. The van der Waals surface area contributed by atoms with Gasteiger partial charge in [0, 0.05) is 38.4 Å². The zero-order valence-corrected chi connectivity index (χ0v) is 25.5. The molecule has 0 amide bonds. The van der Waals surface area contributed by atoms with Crippen molar-refractivity contribution in [3.63, 3.8) is 0 Å². The van der Waals surface area contributed by atoms with Crippen LogP contribution in [0.3, 0.4) is 0 Å². The Morgan fingerprint density at radius 1 is 1.05 bits per heavy atom. The van der Waals surface area contributed by atoms with Crippen LogP contribution in [0.5, 0.6) is 0 Å². The van der Waals surface area contributed by atoms with Crippen LogP contribution >= 0.6 is 0 Å². The zero-order chi connectivity index (χ0) is 31.1. The predicted molar refractivity (Wildman–Crippen MR) is 170 cm³/mol. The van der Waals surface area contributed by atoms with E-state index in [-0.39, 0.29) is 30.6 Å². The van der Waals surface area contributed by atoms with E-state index in [4.69, 9.17) is 9.72 Å². The number of halogens is 1. The molecule has 3 heterocycles. The van der Waals surface area contributed by atoms with E-state index in [1.54, 1.807) is 0 Å². The normalized spacial score (nSPS) is 14.7. The first kappa shape index (κ1) is 30.7. The fourth-order valence-electron chi connectivity index (χ4n) is 5.68. The monoisotopic (exact) mass is 598 g/mol. The Kier molecular flexibility index (Phi) is 9.89. The van der Waals surface area contributed by atoms with Gasteiger partial charge in [0.15, 0.2) is 6.73 Å². The van der Waals surface area contributed by atoms with Gasteiger partial charge in [-0.1, -0.05) is 61.5 Å². The summed E-state index contributed by atoms with van der Waals surface area (Å²) in [6, 6.07) is 17.5. The molecule has 1 saturated heterocycles. The van der Waals surface area contributed by atoms with Crippen molar-refractivity contribution in [1.82, 2.24) is 19.1 Å². The first-order valence-electron chi connectivity index (χ1n) is 15.1. The minimum Gasteiger partial charge on any atom is -0.443 e. The minimum atomic E-state index is -0.409. The van der Waals surface area contributed by atoms with Gasteiger partial charge in [0.2, 0.25) is 11.9 Å². The lowest BCUT2D eigenvalue weighted by molar-refractivity contribution is -0.146. The fraction of sp³-hybridized carbons (Fsp3) is 0.353. The van der Waals surface area contributed by atoms with E-state index in [2.05, 4.69) is 33.5 Å². The number of hydrogen-bond donors (Lipinski definition) is 0. The number of piperidine rings is 1. The van der Waals surface area contributed by atoms with Gasteiger partial charge in [-0.3, -0.25) is 9.59 Å². The highest BCUT2D eigenvalue weighted by Gasteiger charge is 2.28. The van der Waals surface area contributed by atoms with Gasteiger partial charge in [-0.2, -0.15) is 0 Å². The average Bonchev–Trinajstić information content (AvgIpc) is 3.38. The molecule has 0 unspecified atom stereocenters. The molecule has 9 nitrogen and oxygen atoms in total. The number of carbonyl (C=O) groups is 1. The van der Waals surface area contributed by atoms with E-state index >= 15 is 0 Å². The summed E-state index contributed by atoms with van der Waals surface area (Å²) in [4.78, 5) is 39.2. The summed E-state index contributed by atoms with van der Waals surface area (Å²) in [5.74, 6) is 0.692. The molecule has 0 N–H and O–H groups in total. The highest BCUT2D eigenvalue weighted by atomic mass is 19.1. The van der Waals surface area contributed by atoms with Gasteiger partial charge in [-0.05, 0) is 49.4 Å². The van der Waals surface area contributed by atoms with Crippen LogP contribution in [-0.4, -0.2) is 51.3 Å². The first-order valence-corrected chi connectivity index (χ1v) is 15.1. The van der Waals surface area contributed by atoms with Crippen molar-refractivity contribution < 1.29 is 13.9 Å². The minimum absolute atomic E-state index is 0.117. The topological polar surface area (TPSA) is 85.5 Å². The van der Waals surface area contributed by atoms with E-state index in [9.17, 15) is 14.0 Å². The smallest absolute Gasteiger partial charge is 0.311 e. The molecule has 44 heavy (non-hydrogen) atoms. The van der Waals surface area contributed by atoms with Crippen molar-refractivity contribution in [3.05, 3.63) is 105 Å². The Bertz CT molecular complexity index is 1740. The molecule has 230 valence electrons. The fourth-order valence-corrected chi connectivity index (χ4v) is 5.68. The average molecular weight is 599 g/mol. The second-order valence-corrected chi connectivity index (χ2v) is 10.9. The summed E-state index contributed by atoms with van der Waals surface area (Å²) >= 11 is 0. The molecule has 0 radical (unpaired) electrons. The summed E-state index contributed by atoms with van der Waals surface area (Å²) in [6.07, 6.45) is 8.33. The second-order valence-electron chi connectivity index (χ2n) is 10.9. The first-order chi connectivity index (χ1) is 21.4. The number of rotatable bonds is 10.